The van der Waals surface area contributed by atoms with Gasteiger partial charge in [0, 0.05) is 48.1 Å². The molecule has 6 rings (SSSR count). The van der Waals surface area contributed by atoms with E-state index in [9.17, 15) is 48.3 Å². The maximum absolute atomic E-state index is 12.5. The lowest BCUT2D eigenvalue weighted by Gasteiger charge is -2.17. The van der Waals surface area contributed by atoms with Gasteiger partial charge in [-0.2, -0.15) is 27.0 Å². The van der Waals surface area contributed by atoms with Crippen LogP contribution >= 0.6 is 110 Å². The minimum atomic E-state index is -1.07. The number of benzene rings is 2. The van der Waals surface area contributed by atoms with Crippen molar-refractivity contribution in [2.45, 2.75) is 149 Å². The zero-order valence-electron chi connectivity index (χ0n) is 53.3. The lowest BCUT2D eigenvalue weighted by molar-refractivity contribution is -0.140. The number of thiocarbonyl (C=S) groups is 2. The maximum atomic E-state index is 12.5. The van der Waals surface area contributed by atoms with Gasteiger partial charge in [0.1, 0.15) is 43.2 Å². The smallest absolute Gasteiger partial charge is 0.326 e. The van der Waals surface area contributed by atoms with Gasteiger partial charge in [-0.3, -0.25) is 58.2 Å². The van der Waals surface area contributed by atoms with E-state index in [4.69, 9.17) is 64.4 Å². The van der Waals surface area contributed by atoms with E-state index in [1.54, 1.807) is 74.2 Å². The number of amidine groups is 3. The predicted octanol–water partition coefficient (Wildman–Crippen LogP) is 9.13. The number of halogens is 5. The Hall–Kier alpha value is -5.36. The van der Waals surface area contributed by atoms with E-state index in [1.165, 1.54) is 31.1 Å². The second kappa shape index (κ2) is 54.8. The molecule has 0 aliphatic carbocycles. The van der Waals surface area contributed by atoms with Crippen LogP contribution in [0.3, 0.4) is 0 Å². The van der Waals surface area contributed by atoms with Crippen molar-refractivity contribution in [2.24, 2.45) is 25.7 Å². The third-order valence-electron chi connectivity index (χ3n) is 13.7. The molecule has 4 aliphatic heterocycles. The first-order valence-corrected chi connectivity index (χ1v) is 31.0. The first-order chi connectivity index (χ1) is 41.8. The van der Waals surface area contributed by atoms with Crippen LogP contribution in [0.4, 0.5) is 0 Å². The Balaban J connectivity index is -0.000000385. The quantitative estimate of drug-likeness (QED) is 0.0241. The molecule has 2 aromatic rings. The fourth-order valence-corrected chi connectivity index (χ4v) is 9.55. The summed E-state index contributed by atoms with van der Waals surface area (Å²) in [6.45, 7) is 4.53. The predicted molar refractivity (Wildman–Crippen MR) is 391 cm³/mol. The average molecular weight is 1480 g/mol. The first-order valence-electron chi connectivity index (χ1n) is 28.7. The summed E-state index contributed by atoms with van der Waals surface area (Å²) in [6, 6.07) is 8.06. The monoisotopic (exact) mass is 1480 g/mol. The maximum Gasteiger partial charge on any atom is 0.326 e. The lowest BCUT2D eigenvalue weighted by atomic mass is 10.0. The second-order valence-corrected chi connectivity index (χ2v) is 22.3. The molecule has 4 aliphatic rings. The van der Waals surface area contributed by atoms with Crippen LogP contribution in [0.25, 0.3) is 0 Å². The number of aliphatic imine (C=N–C) groups is 4. The molecule has 1 fully saturated rings. The van der Waals surface area contributed by atoms with Gasteiger partial charge in [0.15, 0.2) is 10.9 Å². The van der Waals surface area contributed by atoms with E-state index in [0.29, 0.717) is 44.0 Å². The van der Waals surface area contributed by atoms with Gasteiger partial charge in [0.25, 0.3) is 11.8 Å². The van der Waals surface area contributed by atoms with Gasteiger partial charge in [0.05, 0.1) is 62.6 Å². The van der Waals surface area contributed by atoms with E-state index in [-0.39, 0.29) is 132 Å². The number of amides is 6. The third kappa shape index (κ3) is 38.1. The highest BCUT2D eigenvalue weighted by atomic mass is 35.5. The molecule has 0 saturated carbocycles. The van der Waals surface area contributed by atoms with E-state index in [1.807, 2.05) is 6.92 Å². The summed E-state index contributed by atoms with van der Waals surface area (Å²) in [5, 5.41) is 21.0. The van der Waals surface area contributed by atoms with E-state index in [0.717, 1.165) is 114 Å². The fraction of sp³-hybridized carbons (Fsp3) is 0.567. The molecule has 93 heavy (non-hydrogen) atoms. The summed E-state index contributed by atoms with van der Waals surface area (Å²) < 4.78 is 4.14. The summed E-state index contributed by atoms with van der Waals surface area (Å²) >= 11 is 33.1. The highest BCUT2D eigenvalue weighted by Crippen LogP contribution is 2.26. The molecular weight excluding hydrogens is 1390 g/mol. The Bertz CT molecular complexity index is 2660. The molecule has 0 unspecified atom stereocenters. The van der Waals surface area contributed by atoms with Gasteiger partial charge in [0.2, 0.25) is 23.6 Å². The molecule has 526 valence electrons. The average Bonchev–Trinajstić information content (AvgIpc) is 1.88. The van der Waals surface area contributed by atoms with Gasteiger partial charge < -0.3 is 51.7 Å². The highest BCUT2D eigenvalue weighted by Gasteiger charge is 2.26. The largest absolute Gasteiger partial charge is 0.480 e. The van der Waals surface area contributed by atoms with Crippen LogP contribution < -0.4 is 21.7 Å². The normalized spacial score (nSPS) is 13.7. The molecule has 6 amide bonds. The number of nitrogens with zero attached hydrogens (tertiary/aromatic N) is 8. The van der Waals surface area contributed by atoms with Crippen molar-refractivity contribution < 1.29 is 58.5 Å². The number of likely N-dealkylation sites (N-methyl/N-ethyl adjacent to an activating group) is 4. The van der Waals surface area contributed by atoms with E-state index < -0.39 is 29.9 Å². The van der Waals surface area contributed by atoms with Crippen LogP contribution in [0, 0.1) is 0 Å². The van der Waals surface area contributed by atoms with Gasteiger partial charge in [-0.25, -0.2) is 9.79 Å². The van der Waals surface area contributed by atoms with Crippen LogP contribution in [-0.4, -0.2) is 198 Å². The number of hydrogen-bond acceptors (Lipinski definition) is 17. The number of nitrogens with one attached hydrogen (secondary N) is 3. The van der Waals surface area contributed by atoms with Crippen molar-refractivity contribution in [3.05, 3.63) is 67.6 Å². The summed E-state index contributed by atoms with van der Waals surface area (Å²) in [4.78, 5) is 124. The number of hydrogen-bond donors (Lipinski definition) is 5. The molecule has 0 aromatic heterocycles. The van der Waals surface area contributed by atoms with Crippen molar-refractivity contribution >= 4 is 191 Å². The number of carboxylic acid groups (broad SMARTS) is 1. The Morgan fingerprint density at radius 1 is 0.656 bits per heavy atom. The molecule has 2 aromatic carbocycles. The number of methoxy groups -OCH3 is 1. The molecule has 33 heteroatoms. The highest BCUT2D eigenvalue weighted by molar-refractivity contribution is 7.80. The number of ketones is 1. The standard InChI is InChI=1S/C23H31Cl2N3O3.C22H29Cl2N3O4.C5H8N2O.C4H6N2OS.C3H7NO2.C2H3NS.CH4.ClH.H2O.2H2S/c1-16(29)19(27-23(31)22-17(24)11-10-12-18(22)25)13-8-6-4-3-5-7-9-14-20-26-15-21(30)28(20)2;1-27-18(25-14-19(27)28)13-8-6-4-2-3-5-7-12-17(22(30)31)26-21(29)20-15(23)10-9-11-16(20)24;1-4-6-3-5(8)7(4)2;1-6-3(7)2-5-4(6)8;1-6-3(5)2-4;1-3-2-4;;;;;/h10-12,19H,3-9,13-15H2,1-2H3,(H,27,31);9-11,17H,2-8,12-14H2,1H3,(H,26,29)(H,30,31);3H2,1-2H3;2H2,1H3,(H,5,8);2,4H2,1H3;1H3;1H4;1H;3*1H2/t19-;17-;;;;;;;;;/m00........./s1. The summed E-state index contributed by atoms with van der Waals surface area (Å²) in [7, 11) is 9.83. The molecule has 0 bridgehead atoms. The number of aliphatic carboxylic acids is 1. The lowest BCUT2D eigenvalue weighted by Crippen LogP contribution is -2.41. The zero-order valence-corrected chi connectivity index (χ0v) is 60.8. The fourth-order valence-electron chi connectivity index (χ4n) is 8.24. The first kappa shape index (κ1) is 96.3. The number of carbonyl (C=O) groups excluding carboxylic acids is 8. The van der Waals surface area contributed by atoms with Crippen molar-refractivity contribution in [3.8, 4) is 0 Å². The van der Waals surface area contributed by atoms with E-state index >= 15 is 0 Å². The molecule has 24 nitrogen and oxygen atoms in total. The molecule has 1 saturated heterocycles. The number of carbonyl (C=O) groups is 9. The van der Waals surface area contributed by atoms with Crippen LogP contribution in [0.5, 0.6) is 0 Å². The second-order valence-electron chi connectivity index (χ2n) is 20.1. The zero-order chi connectivity index (χ0) is 66.3. The SMILES string of the molecule is C.CC(=O)[C@H](CCCCCCCCCC1=NCC(=O)N1C)NC(=O)c1c(Cl)cccc1Cl.CC1=NCC(=O)N1C.CN1C(=O)CN=C1CCCCCCCCC[C@H](NC(=O)c1c(Cl)cccc1Cl)C(=O)O.CN1C(=O)CNC1=S.CN=C=S.COC(=O)CN.Cl.O.S.S. The minimum Gasteiger partial charge on any atom is -0.480 e. The Morgan fingerprint density at radius 3 is 1.24 bits per heavy atom. The van der Waals surface area contributed by atoms with Gasteiger partial charge in [-0.1, -0.05) is 143 Å². The van der Waals surface area contributed by atoms with Crippen molar-refractivity contribution in [1.82, 2.24) is 35.6 Å². The summed E-state index contributed by atoms with van der Waals surface area (Å²) in [5.74, 6) is 0.320. The molecule has 0 spiro atoms. The van der Waals surface area contributed by atoms with E-state index in [2.05, 4.69) is 58.0 Å². The molecule has 8 N–H and O–H groups in total. The number of unbranched alkanes of at least 4 members (excludes halogenated alkanes) is 12. The molecule has 2 atom stereocenters. The number of nitrogens with two attached hydrogens (primary N) is 1. The number of rotatable bonds is 27. The van der Waals surface area contributed by atoms with Crippen molar-refractivity contribution in [1.29, 1.82) is 0 Å². The van der Waals surface area contributed by atoms with Crippen molar-refractivity contribution in [2.75, 3.05) is 75.1 Å². The Labute approximate surface area is 598 Å². The van der Waals surface area contributed by atoms with Gasteiger partial charge in [-0.15, -0.1) is 12.4 Å². The molecular formula is C60H95Cl5N12O12S4. The topological polar surface area (TPSA) is 339 Å². The third-order valence-corrected chi connectivity index (χ3v) is 15.6. The minimum absolute atomic E-state index is 0. The van der Waals surface area contributed by atoms with Crippen LogP contribution in [0.2, 0.25) is 20.1 Å². The van der Waals surface area contributed by atoms with Crippen LogP contribution in [0.1, 0.15) is 158 Å². The van der Waals surface area contributed by atoms with Crippen molar-refractivity contribution in [3.63, 3.8) is 0 Å². The summed E-state index contributed by atoms with van der Waals surface area (Å²) in [6.07, 6.45) is 16.9. The number of carboxylic acids is 1. The van der Waals surface area contributed by atoms with Crippen LogP contribution in [0.15, 0.2) is 56.4 Å². The Morgan fingerprint density at radius 2 is 1.00 bits per heavy atom. The molecule has 0 radical (unpaired) electrons. The molecule has 4 heterocycles. The summed E-state index contributed by atoms with van der Waals surface area (Å²) in [5.41, 5.74) is 5.11. The van der Waals surface area contributed by atoms with Crippen LogP contribution in [-0.2, 0) is 38.3 Å². The van der Waals surface area contributed by atoms with Gasteiger partial charge in [-0.05, 0) is 88.2 Å². The number of ether oxygens (including phenoxy) is 1. The van der Waals surface area contributed by atoms with Gasteiger partial charge >= 0.3 is 11.9 Å². The number of esters is 1. The number of Topliss-reactive ketones (excluding diaryl/α,β-unsaturated/α-hetero) is 1. The number of isothiocyanates is 1. The Kier molecular flexibility index (Phi) is 56.8.